The average molecular weight is 393 g/mol. The molecule has 0 unspecified atom stereocenters. The third-order valence-electron chi connectivity index (χ3n) is 5.13. The van der Waals surface area contributed by atoms with Gasteiger partial charge >= 0.3 is 0 Å². The van der Waals surface area contributed by atoms with E-state index in [1.165, 1.54) is 18.1 Å². The van der Waals surface area contributed by atoms with Gasteiger partial charge in [-0.05, 0) is 13.0 Å². The quantitative estimate of drug-likeness (QED) is 0.665. The maximum Gasteiger partial charge on any atom is 0.257 e. The van der Waals surface area contributed by atoms with Crippen molar-refractivity contribution in [2.75, 3.05) is 26.2 Å². The minimum absolute atomic E-state index is 0.0514. The highest BCUT2D eigenvalue weighted by Crippen LogP contribution is 2.21. The highest BCUT2D eigenvalue weighted by molar-refractivity contribution is 5.94. The number of carbonyl (C=O) groups excluding carboxylic acids is 2. The van der Waals surface area contributed by atoms with Gasteiger partial charge in [0.1, 0.15) is 6.26 Å². The summed E-state index contributed by atoms with van der Waals surface area (Å²) in [5.74, 6) is 1.26. The number of aromatic nitrogens is 1. The topological polar surface area (TPSA) is 79.8 Å². The second-order valence-electron chi connectivity index (χ2n) is 7.17. The lowest BCUT2D eigenvalue weighted by molar-refractivity contribution is -0.132. The molecule has 29 heavy (non-hydrogen) atoms. The molecule has 1 aliphatic rings. The zero-order valence-electron chi connectivity index (χ0n) is 16.3. The molecule has 7 nitrogen and oxygen atoms in total. The molecule has 0 aliphatic carbocycles. The number of nitrogens with zero attached hydrogens (tertiary/aromatic N) is 3. The third-order valence-corrected chi connectivity index (χ3v) is 5.13. The normalized spacial score (nSPS) is 14.2. The van der Waals surface area contributed by atoms with Gasteiger partial charge in [-0.25, -0.2) is 4.98 Å². The molecule has 0 radical (unpaired) electrons. The lowest BCUT2D eigenvalue weighted by Gasteiger charge is -2.34. The van der Waals surface area contributed by atoms with Crippen molar-refractivity contribution in [3.8, 4) is 11.3 Å². The van der Waals surface area contributed by atoms with Gasteiger partial charge in [0.15, 0.2) is 11.7 Å². The largest absolute Gasteiger partial charge is 0.472 e. The van der Waals surface area contributed by atoms with Crippen molar-refractivity contribution in [3.63, 3.8) is 0 Å². The first-order valence-electron chi connectivity index (χ1n) is 9.71. The van der Waals surface area contributed by atoms with Crippen LogP contribution in [0.2, 0.25) is 0 Å². The Morgan fingerprint density at radius 1 is 1.03 bits per heavy atom. The maximum atomic E-state index is 12.5. The number of benzene rings is 1. The Hall–Kier alpha value is -3.35. The molecule has 150 valence electrons. The van der Waals surface area contributed by atoms with Gasteiger partial charge in [0.25, 0.3) is 5.91 Å². The molecule has 1 saturated heterocycles. The van der Waals surface area contributed by atoms with E-state index in [2.05, 4.69) is 4.98 Å². The number of carbonyl (C=O) groups is 2. The second-order valence-corrected chi connectivity index (χ2v) is 7.17. The van der Waals surface area contributed by atoms with Crippen LogP contribution in [0.5, 0.6) is 0 Å². The van der Waals surface area contributed by atoms with Crippen LogP contribution in [0.1, 0.15) is 28.2 Å². The molecule has 2 aromatic heterocycles. The fourth-order valence-electron chi connectivity index (χ4n) is 3.38. The predicted molar refractivity (Wildman–Crippen MR) is 106 cm³/mol. The summed E-state index contributed by atoms with van der Waals surface area (Å²) >= 11 is 0. The van der Waals surface area contributed by atoms with Gasteiger partial charge in [-0.2, -0.15) is 0 Å². The number of oxazole rings is 1. The van der Waals surface area contributed by atoms with E-state index < -0.39 is 0 Å². The van der Waals surface area contributed by atoms with Crippen LogP contribution in [-0.2, 0) is 11.2 Å². The molecule has 1 aromatic carbocycles. The van der Waals surface area contributed by atoms with Crippen LogP contribution in [0.15, 0.2) is 57.9 Å². The number of hydrogen-bond acceptors (Lipinski definition) is 5. The summed E-state index contributed by atoms with van der Waals surface area (Å²) in [6.07, 6.45) is 5.42. The number of rotatable bonds is 5. The van der Waals surface area contributed by atoms with E-state index >= 15 is 0 Å². The van der Waals surface area contributed by atoms with Gasteiger partial charge in [-0.3, -0.25) is 9.59 Å². The number of amides is 2. The van der Waals surface area contributed by atoms with Crippen molar-refractivity contribution in [2.45, 2.75) is 19.8 Å². The highest BCUT2D eigenvalue weighted by atomic mass is 16.4. The molecule has 0 spiro atoms. The fraction of sp³-hybridized carbons (Fsp3) is 0.318. The SMILES string of the molecule is Cc1ccc(-c2cnc(CCC(=O)N3CCN(C(=O)c4ccoc4)CC3)o2)cc1. The first kappa shape index (κ1) is 19.0. The Labute approximate surface area is 168 Å². The number of furan rings is 1. The van der Waals surface area contributed by atoms with Crippen LogP contribution >= 0.6 is 0 Å². The maximum absolute atomic E-state index is 12.5. The van der Waals surface area contributed by atoms with Gasteiger partial charge in [0.05, 0.1) is 18.0 Å². The average Bonchev–Trinajstić information content (AvgIpc) is 3.44. The summed E-state index contributed by atoms with van der Waals surface area (Å²) in [4.78, 5) is 32.7. The van der Waals surface area contributed by atoms with E-state index in [1.807, 2.05) is 31.2 Å². The third kappa shape index (κ3) is 4.39. The van der Waals surface area contributed by atoms with Gasteiger partial charge in [0.2, 0.25) is 5.91 Å². The first-order chi connectivity index (χ1) is 14.1. The molecule has 3 aromatic rings. The molecular formula is C22H23N3O4. The number of piperazine rings is 1. The van der Waals surface area contributed by atoms with Crippen molar-refractivity contribution in [1.82, 2.24) is 14.8 Å². The van der Waals surface area contributed by atoms with Gasteiger partial charge in [-0.1, -0.05) is 29.8 Å². The molecule has 2 amide bonds. The van der Waals surface area contributed by atoms with E-state index in [1.54, 1.807) is 22.1 Å². The Balaban J connectivity index is 1.26. The van der Waals surface area contributed by atoms with Crippen LogP contribution in [0, 0.1) is 6.92 Å². The van der Waals surface area contributed by atoms with Crippen LogP contribution in [-0.4, -0.2) is 52.8 Å². The molecule has 1 fully saturated rings. The molecule has 1 aliphatic heterocycles. The number of hydrogen-bond donors (Lipinski definition) is 0. The van der Waals surface area contributed by atoms with Crippen LogP contribution < -0.4 is 0 Å². The van der Waals surface area contributed by atoms with Crippen molar-refractivity contribution >= 4 is 11.8 Å². The summed E-state index contributed by atoms with van der Waals surface area (Å²) in [5, 5.41) is 0. The van der Waals surface area contributed by atoms with Crippen LogP contribution in [0.4, 0.5) is 0 Å². The second kappa shape index (κ2) is 8.34. The van der Waals surface area contributed by atoms with Gasteiger partial charge in [-0.15, -0.1) is 0 Å². The zero-order valence-corrected chi connectivity index (χ0v) is 16.3. The first-order valence-corrected chi connectivity index (χ1v) is 9.71. The highest BCUT2D eigenvalue weighted by Gasteiger charge is 2.25. The van der Waals surface area contributed by atoms with Gasteiger partial charge in [0, 0.05) is 44.6 Å². The predicted octanol–water partition coefficient (Wildman–Crippen LogP) is 3.16. The lowest BCUT2D eigenvalue weighted by atomic mass is 10.1. The summed E-state index contributed by atoms with van der Waals surface area (Å²) < 4.78 is 10.8. The minimum atomic E-state index is -0.0609. The lowest BCUT2D eigenvalue weighted by Crippen LogP contribution is -2.50. The summed E-state index contributed by atoms with van der Waals surface area (Å²) in [6.45, 7) is 4.14. The monoisotopic (exact) mass is 393 g/mol. The molecule has 3 heterocycles. The molecule has 4 rings (SSSR count). The van der Waals surface area contributed by atoms with E-state index in [9.17, 15) is 9.59 Å². The van der Waals surface area contributed by atoms with Crippen LogP contribution in [0.3, 0.4) is 0 Å². The smallest absolute Gasteiger partial charge is 0.257 e. The van der Waals surface area contributed by atoms with E-state index in [0.29, 0.717) is 56.2 Å². The van der Waals surface area contributed by atoms with E-state index in [0.717, 1.165) is 5.56 Å². The van der Waals surface area contributed by atoms with Gasteiger partial charge < -0.3 is 18.6 Å². The molecular weight excluding hydrogens is 370 g/mol. The summed E-state index contributed by atoms with van der Waals surface area (Å²) in [5.41, 5.74) is 2.70. The molecule has 0 saturated carbocycles. The molecule has 0 bridgehead atoms. The Morgan fingerprint density at radius 3 is 2.45 bits per heavy atom. The van der Waals surface area contributed by atoms with Crippen molar-refractivity contribution < 1.29 is 18.4 Å². The van der Waals surface area contributed by atoms with Crippen molar-refractivity contribution in [3.05, 3.63) is 66.1 Å². The minimum Gasteiger partial charge on any atom is -0.472 e. The molecule has 0 atom stereocenters. The Morgan fingerprint density at radius 2 is 1.76 bits per heavy atom. The Kier molecular flexibility index (Phi) is 5.46. The molecule has 0 N–H and O–H groups in total. The summed E-state index contributed by atoms with van der Waals surface area (Å²) in [6, 6.07) is 9.70. The Bertz CT molecular complexity index is 968. The fourth-order valence-corrected chi connectivity index (χ4v) is 3.38. The van der Waals surface area contributed by atoms with Crippen LogP contribution in [0.25, 0.3) is 11.3 Å². The van der Waals surface area contributed by atoms with Crippen molar-refractivity contribution in [2.24, 2.45) is 0 Å². The molecule has 7 heteroatoms. The number of aryl methyl sites for hydroxylation is 2. The standard InChI is InChI=1S/C22H23N3O4/c1-16-2-4-17(5-3-16)19-14-23-20(29-19)6-7-21(26)24-9-11-25(12-10-24)22(27)18-8-13-28-15-18/h2-5,8,13-15H,6-7,9-12H2,1H3. The van der Waals surface area contributed by atoms with E-state index in [4.69, 9.17) is 8.83 Å². The van der Waals surface area contributed by atoms with E-state index in [-0.39, 0.29) is 11.8 Å². The zero-order chi connectivity index (χ0) is 20.2. The summed E-state index contributed by atoms with van der Waals surface area (Å²) in [7, 11) is 0. The van der Waals surface area contributed by atoms with Crippen molar-refractivity contribution in [1.29, 1.82) is 0 Å².